The van der Waals surface area contributed by atoms with Gasteiger partial charge in [-0.1, -0.05) is 6.92 Å². The van der Waals surface area contributed by atoms with Crippen LogP contribution in [0.25, 0.3) is 0 Å². The van der Waals surface area contributed by atoms with Gasteiger partial charge < -0.3 is 14.8 Å². The Morgan fingerprint density at radius 1 is 1.27 bits per heavy atom. The average Bonchev–Trinajstić information content (AvgIpc) is 3.09. The van der Waals surface area contributed by atoms with Crippen LogP contribution in [0, 0.1) is 5.92 Å². The lowest BCUT2D eigenvalue weighted by Gasteiger charge is -2.22. The van der Waals surface area contributed by atoms with E-state index in [4.69, 9.17) is 9.47 Å². The summed E-state index contributed by atoms with van der Waals surface area (Å²) in [5.74, 6) is -2.17. The van der Waals surface area contributed by atoms with Gasteiger partial charge in [-0.2, -0.15) is 0 Å². The van der Waals surface area contributed by atoms with E-state index in [-0.39, 0.29) is 17.3 Å². The van der Waals surface area contributed by atoms with Crippen molar-refractivity contribution in [2.75, 3.05) is 29.8 Å². The van der Waals surface area contributed by atoms with Crippen LogP contribution < -0.4 is 9.62 Å². The van der Waals surface area contributed by atoms with Crippen LogP contribution in [0.2, 0.25) is 0 Å². The van der Waals surface area contributed by atoms with Crippen LogP contribution in [0.3, 0.4) is 0 Å². The van der Waals surface area contributed by atoms with Crippen LogP contribution in [0.1, 0.15) is 30.6 Å². The van der Waals surface area contributed by atoms with Gasteiger partial charge in [0, 0.05) is 18.5 Å². The molecule has 0 aromatic heterocycles. The van der Waals surface area contributed by atoms with Crippen LogP contribution in [-0.4, -0.2) is 51.5 Å². The highest BCUT2D eigenvalue weighted by Crippen LogP contribution is 2.28. The van der Waals surface area contributed by atoms with E-state index in [9.17, 15) is 18.0 Å². The highest BCUT2D eigenvalue weighted by molar-refractivity contribution is 7.94. The number of carbonyl (C=O) groups excluding carboxylic acids is 2. The van der Waals surface area contributed by atoms with Gasteiger partial charge in [0.25, 0.3) is 5.91 Å². The maximum atomic E-state index is 12.2. The summed E-state index contributed by atoms with van der Waals surface area (Å²) in [6, 6.07) is 5.93. The SMILES string of the molecule is CC1CS(=O)(=O)N(c2ccc(C(=O)NCCC3(C)OCCO3)cc2)C1=O. The topological polar surface area (TPSA) is 102 Å². The zero-order chi connectivity index (χ0) is 18.9. The van der Waals surface area contributed by atoms with Gasteiger partial charge in [0.1, 0.15) is 0 Å². The Morgan fingerprint density at radius 2 is 1.88 bits per heavy atom. The second kappa shape index (κ2) is 6.98. The van der Waals surface area contributed by atoms with Gasteiger partial charge in [-0.15, -0.1) is 0 Å². The van der Waals surface area contributed by atoms with E-state index >= 15 is 0 Å². The van der Waals surface area contributed by atoms with Crippen LogP contribution in [-0.2, 0) is 24.3 Å². The van der Waals surface area contributed by atoms with Crippen molar-refractivity contribution in [2.24, 2.45) is 5.92 Å². The third kappa shape index (κ3) is 3.74. The van der Waals surface area contributed by atoms with Gasteiger partial charge in [0.05, 0.1) is 30.6 Å². The maximum Gasteiger partial charge on any atom is 0.251 e. The first kappa shape index (κ1) is 18.8. The molecule has 142 valence electrons. The van der Waals surface area contributed by atoms with Crippen LogP contribution in [0.4, 0.5) is 5.69 Å². The summed E-state index contributed by atoms with van der Waals surface area (Å²) < 4.78 is 36.0. The number of amides is 2. The fourth-order valence-corrected chi connectivity index (χ4v) is 4.86. The third-order valence-corrected chi connectivity index (χ3v) is 6.36. The Bertz CT molecular complexity index is 799. The van der Waals surface area contributed by atoms with E-state index in [2.05, 4.69) is 5.32 Å². The van der Waals surface area contributed by atoms with Gasteiger partial charge in [-0.3, -0.25) is 9.59 Å². The van der Waals surface area contributed by atoms with Gasteiger partial charge in [0.2, 0.25) is 15.9 Å². The van der Waals surface area contributed by atoms with Gasteiger partial charge in [-0.25, -0.2) is 12.7 Å². The number of carbonyl (C=O) groups is 2. The minimum atomic E-state index is -3.65. The van der Waals surface area contributed by atoms with E-state index < -0.39 is 27.6 Å². The van der Waals surface area contributed by atoms with Crippen molar-refractivity contribution >= 4 is 27.5 Å². The summed E-state index contributed by atoms with van der Waals surface area (Å²) in [6.45, 7) is 4.88. The second-order valence-corrected chi connectivity index (χ2v) is 8.53. The van der Waals surface area contributed by atoms with E-state index in [1.165, 1.54) is 24.3 Å². The first-order valence-corrected chi connectivity index (χ1v) is 10.1. The van der Waals surface area contributed by atoms with E-state index in [1.54, 1.807) is 6.92 Å². The highest BCUT2D eigenvalue weighted by atomic mass is 32.2. The van der Waals surface area contributed by atoms with Crippen molar-refractivity contribution in [3.8, 4) is 0 Å². The third-order valence-electron chi connectivity index (χ3n) is 4.49. The molecule has 9 heteroatoms. The van der Waals surface area contributed by atoms with Crippen LogP contribution in [0.15, 0.2) is 24.3 Å². The smallest absolute Gasteiger partial charge is 0.251 e. The summed E-state index contributed by atoms with van der Waals surface area (Å²) in [6.07, 6.45) is 0.523. The summed E-state index contributed by atoms with van der Waals surface area (Å²) in [4.78, 5) is 24.3. The molecule has 2 saturated heterocycles. The van der Waals surface area contributed by atoms with Crippen molar-refractivity contribution < 1.29 is 27.5 Å². The molecule has 1 N–H and O–H groups in total. The summed E-state index contributed by atoms with van der Waals surface area (Å²) in [7, 11) is -3.65. The molecule has 1 unspecified atom stereocenters. The standard InChI is InChI=1S/C17H22N2O6S/c1-12-11-26(22,23)19(16(12)21)14-5-3-13(4-6-14)15(20)18-8-7-17(2)24-9-10-25-17/h3-6,12H,7-11H2,1-2H3,(H,18,20). The Morgan fingerprint density at radius 3 is 2.42 bits per heavy atom. The largest absolute Gasteiger partial charge is 0.352 e. The minimum absolute atomic E-state index is 0.197. The number of hydrogen-bond acceptors (Lipinski definition) is 6. The molecule has 0 aliphatic carbocycles. The normalized spacial score (nSPS) is 24.0. The predicted molar refractivity (Wildman–Crippen MR) is 94.1 cm³/mol. The van der Waals surface area contributed by atoms with E-state index in [1.807, 2.05) is 6.92 Å². The first-order chi connectivity index (χ1) is 12.2. The lowest BCUT2D eigenvalue weighted by atomic mass is 10.1. The minimum Gasteiger partial charge on any atom is -0.352 e. The fraction of sp³-hybridized carbons (Fsp3) is 0.529. The molecule has 1 aromatic carbocycles. The number of benzene rings is 1. The molecule has 3 rings (SSSR count). The summed E-state index contributed by atoms with van der Waals surface area (Å²) >= 11 is 0. The zero-order valence-electron chi connectivity index (χ0n) is 14.7. The zero-order valence-corrected chi connectivity index (χ0v) is 15.5. The Balaban J connectivity index is 1.62. The highest BCUT2D eigenvalue weighted by Gasteiger charge is 2.41. The molecule has 2 aliphatic heterocycles. The molecule has 1 atom stereocenters. The van der Waals surface area contributed by atoms with Crippen LogP contribution in [0.5, 0.6) is 0 Å². The summed E-state index contributed by atoms with van der Waals surface area (Å²) in [5, 5.41) is 2.77. The van der Waals surface area contributed by atoms with Crippen molar-refractivity contribution in [1.29, 1.82) is 0 Å². The molecule has 2 fully saturated rings. The van der Waals surface area contributed by atoms with Crippen molar-refractivity contribution in [2.45, 2.75) is 26.1 Å². The average molecular weight is 382 g/mol. The monoisotopic (exact) mass is 382 g/mol. The van der Waals surface area contributed by atoms with Crippen LogP contribution >= 0.6 is 0 Å². The van der Waals surface area contributed by atoms with Crippen molar-refractivity contribution in [3.05, 3.63) is 29.8 Å². The number of sulfonamides is 1. The van der Waals surface area contributed by atoms with E-state index in [0.717, 1.165) is 4.31 Å². The van der Waals surface area contributed by atoms with Gasteiger partial charge in [-0.05, 0) is 31.2 Å². The molecule has 2 amide bonds. The first-order valence-electron chi connectivity index (χ1n) is 8.45. The maximum absolute atomic E-state index is 12.2. The Hall–Kier alpha value is -1.97. The molecule has 0 saturated carbocycles. The lowest BCUT2D eigenvalue weighted by molar-refractivity contribution is -0.145. The molecular weight excluding hydrogens is 360 g/mol. The number of nitrogens with zero attached hydrogens (tertiary/aromatic N) is 1. The fourth-order valence-electron chi connectivity index (χ4n) is 3.04. The molecule has 0 radical (unpaired) electrons. The van der Waals surface area contributed by atoms with Crippen molar-refractivity contribution in [1.82, 2.24) is 5.32 Å². The summed E-state index contributed by atoms with van der Waals surface area (Å²) in [5.41, 5.74) is 0.625. The second-order valence-electron chi connectivity index (χ2n) is 6.67. The number of hydrogen-bond donors (Lipinski definition) is 1. The number of rotatable bonds is 5. The molecule has 0 spiro atoms. The molecule has 1 aromatic rings. The molecule has 2 heterocycles. The molecule has 2 aliphatic rings. The molecule has 26 heavy (non-hydrogen) atoms. The Kier molecular flexibility index (Phi) is 5.05. The number of anilines is 1. The number of nitrogens with one attached hydrogen (secondary N) is 1. The van der Waals surface area contributed by atoms with E-state index in [0.29, 0.717) is 31.7 Å². The molecule has 0 bridgehead atoms. The number of ether oxygens (including phenoxy) is 2. The predicted octanol–water partition coefficient (Wildman–Crippen LogP) is 0.882. The quantitative estimate of drug-likeness (QED) is 0.811. The molecular formula is C17H22N2O6S. The lowest BCUT2D eigenvalue weighted by Crippen LogP contribution is -2.33. The Labute approximate surface area is 152 Å². The van der Waals surface area contributed by atoms with Crippen molar-refractivity contribution in [3.63, 3.8) is 0 Å². The van der Waals surface area contributed by atoms with Gasteiger partial charge >= 0.3 is 0 Å². The molecule has 8 nitrogen and oxygen atoms in total. The van der Waals surface area contributed by atoms with Gasteiger partial charge in [0.15, 0.2) is 5.79 Å².